The molecule has 1 saturated heterocycles. The Morgan fingerprint density at radius 2 is 1.83 bits per heavy atom. The van der Waals surface area contributed by atoms with Crippen molar-refractivity contribution in [3.8, 4) is 0 Å². The lowest BCUT2D eigenvalue weighted by Gasteiger charge is -2.29. The zero-order valence-electron chi connectivity index (χ0n) is 20.7. The first-order valence-corrected chi connectivity index (χ1v) is 12.6. The van der Waals surface area contributed by atoms with Crippen LogP contribution in [0, 0.1) is 5.92 Å². The van der Waals surface area contributed by atoms with Crippen molar-refractivity contribution in [2.75, 3.05) is 19.6 Å². The minimum absolute atomic E-state index is 0.00213. The monoisotopic (exact) mass is 482 g/mol. The van der Waals surface area contributed by atoms with Crippen LogP contribution in [0.3, 0.4) is 0 Å². The van der Waals surface area contributed by atoms with Crippen LogP contribution >= 0.6 is 0 Å². The van der Waals surface area contributed by atoms with Gasteiger partial charge in [-0.15, -0.1) is 0 Å². The smallest absolute Gasteiger partial charge is 0.243 e. The fourth-order valence-corrected chi connectivity index (χ4v) is 4.68. The highest BCUT2D eigenvalue weighted by Crippen LogP contribution is 2.23. The highest BCUT2D eigenvalue weighted by atomic mass is 16.3. The van der Waals surface area contributed by atoms with E-state index in [-0.39, 0.29) is 37.2 Å². The highest BCUT2D eigenvalue weighted by molar-refractivity contribution is 5.93. The molecule has 1 heterocycles. The average Bonchev–Trinajstić information content (AvgIpc) is 3.37. The molecule has 1 aliphatic rings. The van der Waals surface area contributed by atoms with Crippen molar-refractivity contribution in [1.82, 2.24) is 15.5 Å². The third-order valence-electron chi connectivity index (χ3n) is 6.84. The number of nitrogens with zero attached hydrogens (tertiary/aromatic N) is 1. The molecule has 190 valence electrons. The Labute approximate surface area is 207 Å². The first-order chi connectivity index (χ1) is 16.9. The van der Waals surface area contributed by atoms with Crippen LogP contribution in [-0.4, -0.2) is 65.5 Å². The molecule has 5 N–H and O–H groups in total. The summed E-state index contributed by atoms with van der Waals surface area (Å²) in [6.45, 7) is 4.55. The number of amides is 3. The molecule has 8 heteroatoms. The number of aliphatic hydroxyl groups excluding tert-OH is 1. The van der Waals surface area contributed by atoms with Gasteiger partial charge in [-0.3, -0.25) is 14.4 Å². The second-order valence-corrected chi connectivity index (χ2v) is 9.28. The quantitative estimate of drug-likeness (QED) is 0.388. The molecule has 0 aliphatic carbocycles. The predicted molar refractivity (Wildman–Crippen MR) is 136 cm³/mol. The lowest BCUT2D eigenvalue weighted by molar-refractivity contribution is -0.142. The maximum absolute atomic E-state index is 13.3. The van der Waals surface area contributed by atoms with Crippen LogP contribution in [0.5, 0.6) is 0 Å². The van der Waals surface area contributed by atoms with Gasteiger partial charge in [-0.2, -0.15) is 0 Å². The van der Waals surface area contributed by atoms with E-state index in [2.05, 4.69) is 10.6 Å². The van der Waals surface area contributed by atoms with Crippen molar-refractivity contribution < 1.29 is 19.5 Å². The molecule has 3 amide bonds. The largest absolute Gasteiger partial charge is 0.390 e. The van der Waals surface area contributed by atoms with Gasteiger partial charge in [0, 0.05) is 32.0 Å². The van der Waals surface area contributed by atoms with E-state index < -0.39 is 24.1 Å². The summed E-state index contributed by atoms with van der Waals surface area (Å²) in [6.07, 6.45) is 2.22. The third kappa shape index (κ3) is 6.80. The van der Waals surface area contributed by atoms with Crippen LogP contribution in [0.25, 0.3) is 10.8 Å². The first-order valence-electron chi connectivity index (χ1n) is 12.6. The van der Waals surface area contributed by atoms with E-state index in [0.29, 0.717) is 13.0 Å². The maximum Gasteiger partial charge on any atom is 0.243 e. The van der Waals surface area contributed by atoms with Gasteiger partial charge in [-0.25, -0.2) is 0 Å². The Kier molecular flexibility index (Phi) is 9.63. The summed E-state index contributed by atoms with van der Waals surface area (Å²) < 4.78 is 0. The number of fused-ring (bicyclic) bond motifs is 1. The number of rotatable bonds is 11. The van der Waals surface area contributed by atoms with Crippen LogP contribution in [-0.2, 0) is 20.8 Å². The molecule has 3 atom stereocenters. The Bertz CT molecular complexity index is 1020. The minimum atomic E-state index is -0.862. The summed E-state index contributed by atoms with van der Waals surface area (Å²) in [5.41, 5.74) is 6.36. The van der Waals surface area contributed by atoms with Crippen LogP contribution in [0.2, 0.25) is 0 Å². The van der Waals surface area contributed by atoms with E-state index in [9.17, 15) is 19.5 Å². The van der Waals surface area contributed by atoms with E-state index in [1.807, 2.05) is 56.3 Å². The molecular formula is C27H38N4O4. The van der Waals surface area contributed by atoms with Crippen LogP contribution in [0.4, 0.5) is 0 Å². The molecule has 3 rings (SSSR count). The fraction of sp³-hybridized carbons (Fsp3) is 0.519. The molecule has 2 aromatic rings. The Morgan fingerprint density at radius 1 is 1.11 bits per heavy atom. The number of nitrogens with two attached hydrogens (primary N) is 1. The van der Waals surface area contributed by atoms with Crippen LogP contribution in [0.15, 0.2) is 42.5 Å². The topological polar surface area (TPSA) is 125 Å². The first kappa shape index (κ1) is 26.6. The SMILES string of the molecule is CCC(CC)C(=O)N1CCC[C@@H]1C(=O)NC(Cc1ccc2ccccc2c1)C(=O)NCC(O)CN. The van der Waals surface area contributed by atoms with Crippen LogP contribution in [0.1, 0.15) is 45.1 Å². The van der Waals surface area contributed by atoms with E-state index >= 15 is 0 Å². The van der Waals surface area contributed by atoms with E-state index in [1.54, 1.807) is 4.90 Å². The summed E-state index contributed by atoms with van der Waals surface area (Å²) in [6, 6.07) is 12.5. The van der Waals surface area contributed by atoms with Crippen molar-refractivity contribution in [3.05, 3.63) is 48.0 Å². The zero-order chi connectivity index (χ0) is 25.4. The summed E-state index contributed by atoms with van der Waals surface area (Å²) >= 11 is 0. The molecule has 2 unspecified atom stereocenters. The minimum Gasteiger partial charge on any atom is -0.390 e. The average molecular weight is 483 g/mol. The van der Waals surface area contributed by atoms with Gasteiger partial charge in [0.1, 0.15) is 12.1 Å². The molecule has 1 aliphatic heterocycles. The van der Waals surface area contributed by atoms with E-state index in [1.165, 1.54) is 0 Å². The molecule has 0 aromatic heterocycles. The van der Waals surface area contributed by atoms with Gasteiger partial charge >= 0.3 is 0 Å². The highest BCUT2D eigenvalue weighted by Gasteiger charge is 2.37. The maximum atomic E-state index is 13.3. The Morgan fingerprint density at radius 3 is 2.51 bits per heavy atom. The predicted octanol–water partition coefficient (Wildman–Crippen LogP) is 1.73. The lowest BCUT2D eigenvalue weighted by Crippen LogP contribution is -2.55. The Hall–Kier alpha value is -2.97. The number of carbonyl (C=O) groups excluding carboxylic acids is 3. The summed E-state index contributed by atoms with van der Waals surface area (Å²) in [7, 11) is 0. The number of likely N-dealkylation sites (tertiary alicyclic amines) is 1. The fourth-order valence-electron chi connectivity index (χ4n) is 4.68. The zero-order valence-corrected chi connectivity index (χ0v) is 20.7. The molecule has 35 heavy (non-hydrogen) atoms. The standard InChI is InChI=1S/C27H38N4O4/c1-3-19(4-2)27(35)31-13-7-10-24(31)26(34)30-23(25(33)29-17-22(32)16-28)15-18-11-12-20-8-5-6-9-21(20)14-18/h5-6,8-9,11-12,14,19,22-24,32H,3-4,7,10,13,15-17,28H2,1-2H3,(H,29,33)(H,30,34)/t22?,23?,24-/m1/s1. The molecule has 0 saturated carbocycles. The summed E-state index contributed by atoms with van der Waals surface area (Å²) in [4.78, 5) is 41.0. The number of carbonyl (C=O) groups is 3. The number of aliphatic hydroxyl groups is 1. The second-order valence-electron chi connectivity index (χ2n) is 9.28. The van der Waals surface area contributed by atoms with Crippen LogP contribution < -0.4 is 16.4 Å². The van der Waals surface area contributed by atoms with Crippen molar-refractivity contribution in [2.24, 2.45) is 11.7 Å². The summed E-state index contributed by atoms with van der Waals surface area (Å²) in [5.74, 6) is -0.802. The molecule has 0 bridgehead atoms. The van der Waals surface area contributed by atoms with Crippen molar-refractivity contribution >= 4 is 28.5 Å². The van der Waals surface area contributed by atoms with Gasteiger partial charge in [0.2, 0.25) is 17.7 Å². The number of benzene rings is 2. The third-order valence-corrected chi connectivity index (χ3v) is 6.84. The molecule has 0 radical (unpaired) electrons. The lowest BCUT2D eigenvalue weighted by atomic mass is 10.00. The van der Waals surface area contributed by atoms with Crippen molar-refractivity contribution in [3.63, 3.8) is 0 Å². The van der Waals surface area contributed by atoms with E-state index in [0.717, 1.165) is 35.6 Å². The van der Waals surface area contributed by atoms with Gasteiger partial charge in [-0.05, 0) is 42.0 Å². The normalized spacial score (nSPS) is 17.4. The van der Waals surface area contributed by atoms with Gasteiger partial charge in [0.15, 0.2) is 0 Å². The number of nitrogens with one attached hydrogen (secondary N) is 2. The Balaban J connectivity index is 1.77. The van der Waals surface area contributed by atoms with Crippen molar-refractivity contribution in [1.29, 1.82) is 0 Å². The van der Waals surface area contributed by atoms with Gasteiger partial charge in [0.25, 0.3) is 0 Å². The second kappa shape index (κ2) is 12.7. The van der Waals surface area contributed by atoms with Crippen molar-refractivity contribution in [2.45, 2.75) is 64.1 Å². The van der Waals surface area contributed by atoms with E-state index in [4.69, 9.17) is 5.73 Å². The number of hydrogen-bond acceptors (Lipinski definition) is 5. The van der Waals surface area contributed by atoms with Gasteiger partial charge < -0.3 is 26.4 Å². The van der Waals surface area contributed by atoms with Gasteiger partial charge in [-0.1, -0.05) is 56.3 Å². The molecular weight excluding hydrogens is 444 g/mol. The summed E-state index contributed by atoms with van der Waals surface area (Å²) in [5, 5.41) is 17.5. The number of hydrogen-bond donors (Lipinski definition) is 4. The van der Waals surface area contributed by atoms with Gasteiger partial charge in [0.05, 0.1) is 6.10 Å². The molecule has 0 spiro atoms. The molecule has 2 aromatic carbocycles. The molecule has 1 fully saturated rings. The molecule has 8 nitrogen and oxygen atoms in total.